The monoisotopic (exact) mass is 334 g/mol. The van der Waals surface area contributed by atoms with Crippen molar-refractivity contribution in [1.29, 1.82) is 0 Å². The normalized spacial score (nSPS) is 22.3. The summed E-state index contributed by atoms with van der Waals surface area (Å²) in [4.78, 5) is 25.8. The van der Waals surface area contributed by atoms with Gasteiger partial charge in [-0.2, -0.15) is 11.3 Å². The van der Waals surface area contributed by atoms with E-state index in [1.165, 1.54) is 35.6 Å². The van der Waals surface area contributed by atoms with E-state index in [0.717, 1.165) is 4.90 Å². The average molecular weight is 334 g/mol. The quantitative estimate of drug-likeness (QED) is 0.844. The molecule has 120 valence electrons. The molecule has 1 aliphatic heterocycles. The fraction of sp³-hybridized carbons (Fsp3) is 0.250. The van der Waals surface area contributed by atoms with E-state index in [4.69, 9.17) is 0 Å². The van der Waals surface area contributed by atoms with Crippen molar-refractivity contribution in [3.8, 4) is 0 Å². The van der Waals surface area contributed by atoms with Crippen molar-refractivity contribution < 1.29 is 19.1 Å². The van der Waals surface area contributed by atoms with Crippen LogP contribution < -0.4 is 5.32 Å². The molecule has 0 radical (unpaired) electrons. The highest BCUT2D eigenvalue weighted by atomic mass is 32.1. The summed E-state index contributed by atoms with van der Waals surface area (Å²) < 4.78 is 12.9. The van der Waals surface area contributed by atoms with Crippen molar-refractivity contribution in [3.05, 3.63) is 58.0 Å². The van der Waals surface area contributed by atoms with Crippen LogP contribution in [0.15, 0.2) is 41.1 Å². The number of hydrogen-bond donors (Lipinski definition) is 2. The van der Waals surface area contributed by atoms with Crippen molar-refractivity contribution in [2.75, 3.05) is 6.54 Å². The van der Waals surface area contributed by atoms with Crippen LogP contribution in [0.25, 0.3) is 0 Å². The Morgan fingerprint density at radius 3 is 2.61 bits per heavy atom. The second-order valence-corrected chi connectivity index (χ2v) is 6.33. The number of carbonyl (C=O) groups is 2. The maximum atomic E-state index is 12.9. The Morgan fingerprint density at radius 1 is 1.30 bits per heavy atom. The number of β-amino-alcohol motifs (C(OH)–C–C–N with tert-alkyl or cyclic N) is 1. The van der Waals surface area contributed by atoms with Crippen molar-refractivity contribution in [1.82, 2.24) is 10.2 Å². The van der Waals surface area contributed by atoms with Crippen LogP contribution in [0.1, 0.15) is 24.2 Å². The zero-order chi connectivity index (χ0) is 16.6. The van der Waals surface area contributed by atoms with Gasteiger partial charge >= 0.3 is 6.03 Å². The van der Waals surface area contributed by atoms with Crippen LogP contribution in [0.3, 0.4) is 0 Å². The molecule has 0 aliphatic carbocycles. The van der Waals surface area contributed by atoms with Crippen molar-refractivity contribution >= 4 is 23.3 Å². The first kappa shape index (κ1) is 15.6. The molecule has 1 aromatic heterocycles. The number of carbonyl (C=O) groups excluding carboxylic acids is 2. The molecule has 7 heteroatoms. The van der Waals surface area contributed by atoms with E-state index < -0.39 is 29.4 Å². The lowest BCUT2D eigenvalue weighted by molar-refractivity contribution is -0.132. The van der Waals surface area contributed by atoms with E-state index in [-0.39, 0.29) is 6.54 Å². The average Bonchev–Trinajstić information content (AvgIpc) is 3.12. The molecule has 0 unspecified atom stereocenters. The minimum Gasteiger partial charge on any atom is -0.387 e. The SMILES string of the molecule is C[C@]1(c2ccsc2)NC(=O)N(C[C@H](O)c2ccc(F)cc2)C1=O. The van der Waals surface area contributed by atoms with Gasteiger partial charge in [-0.15, -0.1) is 0 Å². The van der Waals surface area contributed by atoms with Gasteiger partial charge in [0.15, 0.2) is 0 Å². The molecule has 0 spiro atoms. The summed E-state index contributed by atoms with van der Waals surface area (Å²) in [6.45, 7) is 1.45. The topological polar surface area (TPSA) is 69.6 Å². The Bertz CT molecular complexity index is 732. The molecular formula is C16H15FN2O3S. The summed E-state index contributed by atoms with van der Waals surface area (Å²) in [7, 11) is 0. The molecule has 3 rings (SSSR count). The first-order chi connectivity index (χ1) is 10.9. The predicted octanol–water partition coefficient (Wildman–Crippen LogP) is 2.39. The number of hydrogen-bond acceptors (Lipinski definition) is 4. The van der Waals surface area contributed by atoms with Crippen molar-refractivity contribution in [2.24, 2.45) is 0 Å². The van der Waals surface area contributed by atoms with Crippen LogP contribution in [-0.4, -0.2) is 28.5 Å². The van der Waals surface area contributed by atoms with Gasteiger partial charge in [0.05, 0.1) is 12.6 Å². The lowest BCUT2D eigenvalue weighted by Crippen LogP contribution is -2.41. The van der Waals surface area contributed by atoms with Crippen molar-refractivity contribution in [3.63, 3.8) is 0 Å². The number of imide groups is 1. The maximum absolute atomic E-state index is 12.9. The summed E-state index contributed by atoms with van der Waals surface area (Å²) in [6, 6.07) is 6.53. The van der Waals surface area contributed by atoms with Gasteiger partial charge in [0, 0.05) is 0 Å². The Morgan fingerprint density at radius 2 is 2.00 bits per heavy atom. The molecule has 5 nitrogen and oxygen atoms in total. The second kappa shape index (κ2) is 5.75. The van der Waals surface area contributed by atoms with E-state index in [9.17, 15) is 19.1 Å². The first-order valence-corrected chi connectivity index (χ1v) is 7.96. The van der Waals surface area contributed by atoms with Crippen LogP contribution >= 0.6 is 11.3 Å². The van der Waals surface area contributed by atoms with Gasteiger partial charge in [0.1, 0.15) is 11.4 Å². The zero-order valence-corrected chi connectivity index (χ0v) is 13.1. The third-order valence-corrected chi connectivity index (χ3v) is 4.67. The Labute approximate surface area is 136 Å². The van der Waals surface area contributed by atoms with Gasteiger partial charge in [0.2, 0.25) is 0 Å². The summed E-state index contributed by atoms with van der Waals surface area (Å²) in [5.41, 5.74) is 0.0235. The minimum atomic E-state index is -1.13. The number of rotatable bonds is 4. The number of nitrogens with zero attached hydrogens (tertiary/aromatic N) is 1. The molecule has 1 fully saturated rings. The molecule has 2 N–H and O–H groups in total. The van der Waals surface area contributed by atoms with E-state index in [1.807, 2.05) is 5.38 Å². The second-order valence-electron chi connectivity index (χ2n) is 5.55. The van der Waals surface area contributed by atoms with Crippen LogP contribution in [0, 0.1) is 5.82 Å². The number of benzene rings is 1. The fourth-order valence-corrected chi connectivity index (χ4v) is 3.34. The predicted molar refractivity (Wildman–Crippen MR) is 83.3 cm³/mol. The maximum Gasteiger partial charge on any atom is 0.325 e. The fourth-order valence-electron chi connectivity index (χ4n) is 2.57. The van der Waals surface area contributed by atoms with Gasteiger partial charge in [-0.05, 0) is 47.0 Å². The molecule has 23 heavy (non-hydrogen) atoms. The van der Waals surface area contributed by atoms with Crippen LogP contribution in [0.2, 0.25) is 0 Å². The third-order valence-electron chi connectivity index (χ3n) is 3.98. The number of nitrogens with one attached hydrogen (secondary N) is 1. The number of thiophene rings is 1. The van der Waals surface area contributed by atoms with Gasteiger partial charge in [-0.3, -0.25) is 9.69 Å². The highest BCUT2D eigenvalue weighted by Gasteiger charge is 2.49. The summed E-state index contributed by atoms with van der Waals surface area (Å²) >= 11 is 1.43. The minimum absolute atomic E-state index is 0.184. The zero-order valence-electron chi connectivity index (χ0n) is 12.3. The highest BCUT2D eigenvalue weighted by Crippen LogP contribution is 2.31. The smallest absolute Gasteiger partial charge is 0.325 e. The molecule has 1 aliphatic rings. The lowest BCUT2D eigenvalue weighted by atomic mass is 9.95. The summed E-state index contributed by atoms with van der Waals surface area (Å²) in [6.07, 6.45) is -1.07. The Balaban J connectivity index is 1.79. The summed E-state index contributed by atoms with van der Waals surface area (Å²) in [5.74, 6) is -0.831. The summed E-state index contributed by atoms with van der Waals surface area (Å²) in [5, 5.41) is 16.5. The molecular weight excluding hydrogens is 319 g/mol. The molecule has 0 saturated carbocycles. The molecule has 2 aromatic rings. The number of aliphatic hydroxyl groups excluding tert-OH is 1. The van der Waals surface area contributed by atoms with Gasteiger partial charge in [-0.25, -0.2) is 9.18 Å². The molecule has 2 atom stereocenters. The lowest BCUT2D eigenvalue weighted by Gasteiger charge is -2.22. The van der Waals surface area contributed by atoms with Gasteiger partial charge < -0.3 is 10.4 Å². The molecule has 3 amide bonds. The van der Waals surface area contributed by atoms with Crippen LogP contribution in [0.5, 0.6) is 0 Å². The van der Waals surface area contributed by atoms with Crippen LogP contribution in [-0.2, 0) is 10.3 Å². The van der Waals surface area contributed by atoms with Crippen LogP contribution in [0.4, 0.5) is 9.18 Å². The van der Waals surface area contributed by atoms with E-state index in [1.54, 1.807) is 18.4 Å². The third kappa shape index (κ3) is 2.73. The standard InChI is InChI=1S/C16H15FN2O3S/c1-16(11-6-7-23-9-11)14(21)19(15(22)18-16)8-13(20)10-2-4-12(17)5-3-10/h2-7,9,13,20H,8H2,1H3,(H,18,22)/t13-,16+/m0/s1. The Kier molecular flexibility index (Phi) is 3.91. The van der Waals surface area contributed by atoms with Gasteiger partial charge in [-0.1, -0.05) is 12.1 Å². The first-order valence-electron chi connectivity index (χ1n) is 7.02. The number of urea groups is 1. The van der Waals surface area contributed by atoms with E-state index in [0.29, 0.717) is 11.1 Å². The highest BCUT2D eigenvalue weighted by molar-refractivity contribution is 7.08. The van der Waals surface area contributed by atoms with Gasteiger partial charge in [0.25, 0.3) is 5.91 Å². The van der Waals surface area contributed by atoms with Crippen molar-refractivity contribution in [2.45, 2.75) is 18.6 Å². The largest absolute Gasteiger partial charge is 0.387 e. The van der Waals surface area contributed by atoms with E-state index >= 15 is 0 Å². The van der Waals surface area contributed by atoms with E-state index in [2.05, 4.69) is 5.32 Å². The number of halogens is 1. The molecule has 2 heterocycles. The number of aliphatic hydroxyl groups is 1. The Hall–Kier alpha value is -2.25. The molecule has 1 aromatic carbocycles. The molecule has 0 bridgehead atoms. The number of amides is 3. The molecule has 1 saturated heterocycles.